The van der Waals surface area contributed by atoms with Crippen LogP contribution in [0.1, 0.15) is 45.6 Å². The first-order valence-electron chi connectivity index (χ1n) is 7.56. The van der Waals surface area contributed by atoms with Crippen LogP contribution < -0.4 is 10.1 Å². The number of nitrogens with one attached hydrogen (secondary N) is 1. The van der Waals surface area contributed by atoms with Gasteiger partial charge >= 0.3 is 0 Å². The van der Waals surface area contributed by atoms with Gasteiger partial charge in [0.15, 0.2) is 0 Å². The molecule has 1 heterocycles. The molecule has 0 radical (unpaired) electrons. The summed E-state index contributed by atoms with van der Waals surface area (Å²) in [6.07, 6.45) is 3.63. The molecule has 3 heteroatoms. The summed E-state index contributed by atoms with van der Waals surface area (Å²) < 4.78 is 5.92. The molecule has 1 N–H and O–H groups in total. The van der Waals surface area contributed by atoms with Crippen molar-refractivity contribution in [3.05, 3.63) is 29.8 Å². The van der Waals surface area contributed by atoms with Crippen molar-refractivity contribution in [3.8, 4) is 5.75 Å². The van der Waals surface area contributed by atoms with Crippen LogP contribution in [0.2, 0.25) is 0 Å². The van der Waals surface area contributed by atoms with Crippen LogP contribution in [0.3, 0.4) is 0 Å². The Morgan fingerprint density at radius 2 is 1.75 bits per heavy atom. The lowest BCUT2D eigenvalue weighted by Gasteiger charge is -2.24. The summed E-state index contributed by atoms with van der Waals surface area (Å²) in [5.74, 6) is 1.72. The van der Waals surface area contributed by atoms with Crippen molar-refractivity contribution < 1.29 is 4.74 Å². The summed E-state index contributed by atoms with van der Waals surface area (Å²) in [6, 6.07) is 8.66. The van der Waals surface area contributed by atoms with Crippen LogP contribution in [0, 0.1) is 5.92 Å². The maximum absolute atomic E-state index is 5.92. The number of piperidine rings is 1. The fourth-order valence-electron chi connectivity index (χ4n) is 2.47. The van der Waals surface area contributed by atoms with E-state index in [0.717, 1.165) is 31.9 Å². The molecule has 0 unspecified atom stereocenters. The number of benzene rings is 1. The lowest BCUT2D eigenvalue weighted by atomic mass is 9.82. The minimum atomic E-state index is 0. The van der Waals surface area contributed by atoms with Crippen LogP contribution in [0.25, 0.3) is 0 Å². The molecule has 1 aliphatic heterocycles. The Morgan fingerprint density at radius 3 is 2.30 bits per heavy atom. The van der Waals surface area contributed by atoms with Gasteiger partial charge in [0.1, 0.15) is 5.75 Å². The van der Waals surface area contributed by atoms with Crippen LogP contribution >= 0.6 is 12.4 Å². The van der Waals surface area contributed by atoms with Crippen molar-refractivity contribution >= 4 is 12.4 Å². The lowest BCUT2D eigenvalue weighted by molar-refractivity contribution is 0.215. The van der Waals surface area contributed by atoms with E-state index in [4.69, 9.17) is 4.74 Å². The maximum atomic E-state index is 5.92. The second-order valence-electron chi connectivity index (χ2n) is 6.27. The molecular weight excluding hydrogens is 270 g/mol. The van der Waals surface area contributed by atoms with Crippen LogP contribution in [-0.4, -0.2) is 19.7 Å². The van der Waals surface area contributed by atoms with Gasteiger partial charge in [0.05, 0.1) is 6.61 Å². The van der Waals surface area contributed by atoms with Crippen molar-refractivity contribution in [2.75, 3.05) is 19.7 Å². The van der Waals surface area contributed by atoms with E-state index < -0.39 is 0 Å². The highest BCUT2D eigenvalue weighted by molar-refractivity contribution is 5.85. The first-order chi connectivity index (χ1) is 9.12. The molecule has 0 bridgehead atoms. The van der Waals surface area contributed by atoms with E-state index in [-0.39, 0.29) is 17.8 Å². The molecule has 0 saturated carbocycles. The summed E-state index contributed by atoms with van der Waals surface area (Å²) in [6.45, 7) is 9.95. The minimum absolute atomic E-state index is 0. The normalized spacial score (nSPS) is 16.6. The molecule has 0 amide bonds. The van der Waals surface area contributed by atoms with Gasteiger partial charge in [-0.25, -0.2) is 0 Å². The predicted molar refractivity (Wildman–Crippen MR) is 88.1 cm³/mol. The molecule has 114 valence electrons. The van der Waals surface area contributed by atoms with Gasteiger partial charge in [-0.3, -0.25) is 0 Å². The number of rotatable bonds is 5. The predicted octanol–water partition coefficient (Wildman–Crippen LogP) is 4.17. The Morgan fingerprint density at radius 1 is 1.15 bits per heavy atom. The zero-order valence-electron chi connectivity index (χ0n) is 12.9. The highest BCUT2D eigenvalue weighted by atomic mass is 35.5. The van der Waals surface area contributed by atoms with E-state index in [9.17, 15) is 0 Å². The fourth-order valence-corrected chi connectivity index (χ4v) is 2.47. The summed E-state index contributed by atoms with van der Waals surface area (Å²) in [5.41, 5.74) is 1.65. The molecule has 2 nitrogen and oxygen atoms in total. The van der Waals surface area contributed by atoms with E-state index in [2.05, 4.69) is 50.4 Å². The molecule has 0 spiro atoms. The Bertz CT molecular complexity index is 382. The van der Waals surface area contributed by atoms with Gasteiger partial charge in [0, 0.05) is 0 Å². The average molecular weight is 298 g/mol. The molecular formula is C17H28ClNO. The molecule has 1 aromatic rings. The highest BCUT2D eigenvalue weighted by Gasteiger charge is 2.18. The largest absolute Gasteiger partial charge is 0.493 e. The van der Waals surface area contributed by atoms with Crippen molar-refractivity contribution in [2.24, 2.45) is 5.92 Å². The van der Waals surface area contributed by atoms with E-state index in [0.29, 0.717) is 5.92 Å². The van der Waals surface area contributed by atoms with E-state index in [1.54, 1.807) is 0 Å². The molecule has 0 aromatic heterocycles. The molecule has 1 aliphatic rings. The van der Waals surface area contributed by atoms with Crippen molar-refractivity contribution in [2.45, 2.75) is 45.4 Å². The summed E-state index contributed by atoms with van der Waals surface area (Å²) in [4.78, 5) is 0. The first-order valence-corrected chi connectivity index (χ1v) is 7.56. The summed E-state index contributed by atoms with van der Waals surface area (Å²) in [7, 11) is 0. The van der Waals surface area contributed by atoms with Gasteiger partial charge in [-0.1, -0.05) is 32.9 Å². The average Bonchev–Trinajstić information content (AvgIpc) is 2.47. The second-order valence-corrected chi connectivity index (χ2v) is 6.27. The SMILES string of the molecule is CCC(C)(C)c1ccc(OCC2CCNCC2)cc1.Cl. The van der Waals surface area contributed by atoms with Gasteiger partial charge < -0.3 is 10.1 Å². The van der Waals surface area contributed by atoms with Crippen LogP contribution in [0.4, 0.5) is 0 Å². The van der Waals surface area contributed by atoms with Gasteiger partial charge in [-0.05, 0) is 61.4 Å². The Balaban J connectivity index is 0.00000200. The third-order valence-electron chi connectivity index (χ3n) is 4.46. The minimum Gasteiger partial charge on any atom is -0.493 e. The quantitative estimate of drug-likeness (QED) is 0.880. The van der Waals surface area contributed by atoms with Crippen molar-refractivity contribution in [1.82, 2.24) is 5.32 Å². The Kier molecular flexibility index (Phi) is 6.84. The highest BCUT2D eigenvalue weighted by Crippen LogP contribution is 2.28. The van der Waals surface area contributed by atoms with Crippen LogP contribution in [-0.2, 0) is 5.41 Å². The second kappa shape index (κ2) is 7.90. The van der Waals surface area contributed by atoms with Crippen LogP contribution in [0.5, 0.6) is 5.75 Å². The van der Waals surface area contributed by atoms with Gasteiger partial charge in [-0.15, -0.1) is 12.4 Å². The van der Waals surface area contributed by atoms with E-state index in [1.807, 2.05) is 0 Å². The molecule has 0 aliphatic carbocycles. The molecule has 20 heavy (non-hydrogen) atoms. The van der Waals surface area contributed by atoms with Crippen molar-refractivity contribution in [3.63, 3.8) is 0 Å². The third-order valence-corrected chi connectivity index (χ3v) is 4.46. The number of hydrogen-bond donors (Lipinski definition) is 1. The van der Waals surface area contributed by atoms with Crippen molar-refractivity contribution in [1.29, 1.82) is 0 Å². The fraction of sp³-hybridized carbons (Fsp3) is 0.647. The molecule has 1 fully saturated rings. The van der Waals surface area contributed by atoms with E-state index in [1.165, 1.54) is 18.4 Å². The zero-order chi connectivity index (χ0) is 13.7. The summed E-state index contributed by atoms with van der Waals surface area (Å²) >= 11 is 0. The number of ether oxygens (including phenoxy) is 1. The topological polar surface area (TPSA) is 21.3 Å². The first kappa shape index (κ1) is 17.3. The number of halogens is 1. The monoisotopic (exact) mass is 297 g/mol. The van der Waals surface area contributed by atoms with E-state index >= 15 is 0 Å². The Hall–Kier alpha value is -0.730. The standard InChI is InChI=1S/C17H27NO.ClH/c1-4-17(2,3)15-5-7-16(8-6-15)19-13-14-9-11-18-12-10-14;/h5-8,14,18H,4,9-13H2,1-3H3;1H. The summed E-state index contributed by atoms with van der Waals surface area (Å²) in [5, 5.41) is 3.39. The van der Waals surface area contributed by atoms with Crippen LogP contribution in [0.15, 0.2) is 24.3 Å². The molecule has 1 aromatic carbocycles. The maximum Gasteiger partial charge on any atom is 0.119 e. The number of hydrogen-bond acceptors (Lipinski definition) is 2. The van der Waals surface area contributed by atoms with Gasteiger partial charge in [0.25, 0.3) is 0 Å². The lowest BCUT2D eigenvalue weighted by Crippen LogP contribution is -2.30. The van der Waals surface area contributed by atoms with Gasteiger partial charge in [0.2, 0.25) is 0 Å². The molecule has 1 saturated heterocycles. The molecule has 2 rings (SSSR count). The smallest absolute Gasteiger partial charge is 0.119 e. The van der Waals surface area contributed by atoms with Gasteiger partial charge in [-0.2, -0.15) is 0 Å². The third kappa shape index (κ3) is 4.68. The zero-order valence-corrected chi connectivity index (χ0v) is 13.8. The Labute approximate surface area is 129 Å². The molecule has 0 atom stereocenters.